The standard InChI is InChI=1S/C14H15N5O2/c1-9-18-14(21-19-9)12-5-4-11(20-12)8-17-13-10(7-15)3-2-6-16-13/h2-3,6,11-12H,4-5,8H2,1H3,(H,16,17)/t11-,12+/m1/s1. The zero-order chi connectivity index (χ0) is 14.7. The highest BCUT2D eigenvalue weighted by atomic mass is 16.5. The van der Waals surface area contributed by atoms with Gasteiger partial charge in [0.25, 0.3) is 5.89 Å². The highest BCUT2D eigenvalue weighted by Gasteiger charge is 2.30. The molecule has 2 atom stereocenters. The lowest BCUT2D eigenvalue weighted by molar-refractivity contribution is 0.0326. The molecule has 0 spiro atoms. The van der Waals surface area contributed by atoms with Crippen LogP contribution in [0.25, 0.3) is 0 Å². The van der Waals surface area contributed by atoms with E-state index in [-0.39, 0.29) is 12.2 Å². The summed E-state index contributed by atoms with van der Waals surface area (Å²) in [7, 11) is 0. The molecule has 7 heteroatoms. The van der Waals surface area contributed by atoms with E-state index in [1.165, 1.54) is 0 Å². The van der Waals surface area contributed by atoms with Crippen molar-refractivity contribution in [1.82, 2.24) is 15.1 Å². The molecule has 0 aromatic carbocycles. The Hall–Kier alpha value is -2.46. The molecule has 0 unspecified atom stereocenters. The van der Waals surface area contributed by atoms with Crippen LogP contribution in [0.5, 0.6) is 0 Å². The second-order valence-electron chi connectivity index (χ2n) is 4.90. The number of hydrogen-bond acceptors (Lipinski definition) is 7. The van der Waals surface area contributed by atoms with E-state index in [9.17, 15) is 0 Å². The molecular formula is C14H15N5O2. The molecule has 7 nitrogen and oxygen atoms in total. The first-order chi connectivity index (χ1) is 10.3. The summed E-state index contributed by atoms with van der Waals surface area (Å²) in [6.45, 7) is 2.38. The highest BCUT2D eigenvalue weighted by Crippen LogP contribution is 2.31. The topological polar surface area (TPSA) is 96.9 Å². The lowest BCUT2D eigenvalue weighted by Crippen LogP contribution is -2.20. The van der Waals surface area contributed by atoms with Crippen molar-refractivity contribution < 1.29 is 9.26 Å². The van der Waals surface area contributed by atoms with E-state index in [1.54, 1.807) is 25.3 Å². The number of ether oxygens (including phenoxy) is 1. The Morgan fingerprint density at radius 2 is 2.38 bits per heavy atom. The smallest absolute Gasteiger partial charge is 0.255 e. The Kier molecular flexibility index (Phi) is 3.79. The first-order valence-electron chi connectivity index (χ1n) is 6.81. The van der Waals surface area contributed by atoms with E-state index in [4.69, 9.17) is 14.5 Å². The number of aromatic nitrogens is 3. The molecule has 3 heterocycles. The fourth-order valence-electron chi connectivity index (χ4n) is 2.33. The summed E-state index contributed by atoms with van der Waals surface area (Å²) in [5, 5.41) is 15.9. The number of pyridine rings is 1. The van der Waals surface area contributed by atoms with Gasteiger partial charge < -0.3 is 14.6 Å². The summed E-state index contributed by atoms with van der Waals surface area (Å²) in [5.41, 5.74) is 0.527. The number of aryl methyl sites for hydroxylation is 1. The van der Waals surface area contributed by atoms with Gasteiger partial charge in [-0.25, -0.2) is 4.98 Å². The highest BCUT2D eigenvalue weighted by molar-refractivity contribution is 5.51. The third-order valence-electron chi connectivity index (χ3n) is 3.35. The van der Waals surface area contributed by atoms with Crippen molar-refractivity contribution in [1.29, 1.82) is 5.26 Å². The van der Waals surface area contributed by atoms with Gasteiger partial charge in [0.05, 0.1) is 11.7 Å². The van der Waals surface area contributed by atoms with E-state index in [2.05, 4.69) is 26.5 Å². The Labute approximate surface area is 121 Å². The van der Waals surface area contributed by atoms with Gasteiger partial charge in [0.15, 0.2) is 5.82 Å². The molecule has 0 aliphatic carbocycles. The first-order valence-corrected chi connectivity index (χ1v) is 6.81. The molecule has 2 aromatic rings. The lowest BCUT2D eigenvalue weighted by Gasteiger charge is -2.13. The molecule has 0 radical (unpaired) electrons. The van der Waals surface area contributed by atoms with E-state index in [0.29, 0.717) is 29.6 Å². The van der Waals surface area contributed by atoms with Crippen molar-refractivity contribution in [2.75, 3.05) is 11.9 Å². The van der Waals surface area contributed by atoms with Gasteiger partial charge in [0, 0.05) is 12.7 Å². The monoisotopic (exact) mass is 285 g/mol. The Morgan fingerprint density at radius 1 is 1.48 bits per heavy atom. The van der Waals surface area contributed by atoms with Gasteiger partial charge in [0.2, 0.25) is 0 Å². The first kappa shape index (κ1) is 13.5. The van der Waals surface area contributed by atoms with Gasteiger partial charge >= 0.3 is 0 Å². The number of rotatable bonds is 4. The molecule has 0 saturated carbocycles. The molecule has 21 heavy (non-hydrogen) atoms. The summed E-state index contributed by atoms with van der Waals surface area (Å²) in [6.07, 6.45) is 3.30. The fraction of sp³-hybridized carbons (Fsp3) is 0.429. The second kappa shape index (κ2) is 5.89. The van der Waals surface area contributed by atoms with E-state index in [1.807, 2.05) is 0 Å². The van der Waals surface area contributed by atoms with E-state index >= 15 is 0 Å². The summed E-state index contributed by atoms with van der Waals surface area (Å²) in [5.74, 6) is 1.73. The Balaban J connectivity index is 1.57. The van der Waals surface area contributed by atoms with Crippen molar-refractivity contribution in [3.8, 4) is 6.07 Å². The summed E-state index contributed by atoms with van der Waals surface area (Å²) >= 11 is 0. The maximum absolute atomic E-state index is 9.01. The van der Waals surface area contributed by atoms with Crippen LogP contribution in [0.1, 0.15) is 36.2 Å². The van der Waals surface area contributed by atoms with E-state index in [0.717, 1.165) is 12.8 Å². The third-order valence-corrected chi connectivity index (χ3v) is 3.35. The predicted molar refractivity (Wildman–Crippen MR) is 73.3 cm³/mol. The average molecular weight is 285 g/mol. The maximum atomic E-state index is 9.01. The largest absolute Gasteiger partial charge is 0.366 e. The molecule has 0 bridgehead atoms. The maximum Gasteiger partial charge on any atom is 0.255 e. The zero-order valence-corrected chi connectivity index (χ0v) is 11.6. The Morgan fingerprint density at radius 3 is 3.14 bits per heavy atom. The fourth-order valence-corrected chi connectivity index (χ4v) is 2.33. The number of nitriles is 1. The SMILES string of the molecule is Cc1noc([C@@H]2CC[C@H](CNc3ncccc3C#N)O2)n1. The number of nitrogens with one attached hydrogen (secondary N) is 1. The second-order valence-corrected chi connectivity index (χ2v) is 4.90. The van der Waals surface area contributed by atoms with Gasteiger partial charge in [0.1, 0.15) is 18.0 Å². The number of nitrogens with zero attached hydrogens (tertiary/aromatic N) is 4. The number of hydrogen-bond donors (Lipinski definition) is 1. The van der Waals surface area contributed by atoms with Crippen LogP contribution in [0, 0.1) is 18.3 Å². The van der Waals surface area contributed by atoms with Crippen molar-refractivity contribution in [2.24, 2.45) is 0 Å². The Bertz CT molecular complexity index is 663. The van der Waals surface area contributed by atoms with Crippen LogP contribution in [0.2, 0.25) is 0 Å². The third kappa shape index (κ3) is 3.01. The van der Waals surface area contributed by atoms with Crippen molar-refractivity contribution in [3.63, 3.8) is 0 Å². The molecule has 2 aromatic heterocycles. The van der Waals surface area contributed by atoms with Crippen LogP contribution >= 0.6 is 0 Å². The summed E-state index contributed by atoms with van der Waals surface area (Å²) in [6, 6.07) is 5.58. The molecule has 1 fully saturated rings. The van der Waals surface area contributed by atoms with Crippen LogP contribution in [0.3, 0.4) is 0 Å². The van der Waals surface area contributed by atoms with Crippen LogP contribution in [-0.2, 0) is 4.74 Å². The van der Waals surface area contributed by atoms with Crippen LogP contribution in [0.4, 0.5) is 5.82 Å². The molecule has 0 amide bonds. The molecule has 3 rings (SSSR count). The van der Waals surface area contributed by atoms with Crippen molar-refractivity contribution in [2.45, 2.75) is 32.0 Å². The van der Waals surface area contributed by atoms with Gasteiger partial charge in [-0.2, -0.15) is 10.2 Å². The average Bonchev–Trinajstić information content (AvgIpc) is 3.14. The molecule has 108 valence electrons. The zero-order valence-electron chi connectivity index (χ0n) is 11.6. The predicted octanol–water partition coefficient (Wildman–Crippen LogP) is 1.98. The minimum absolute atomic E-state index is 0.0377. The van der Waals surface area contributed by atoms with Crippen LogP contribution in [0.15, 0.2) is 22.9 Å². The quantitative estimate of drug-likeness (QED) is 0.917. The minimum Gasteiger partial charge on any atom is -0.366 e. The van der Waals surface area contributed by atoms with Crippen molar-refractivity contribution >= 4 is 5.82 Å². The molecule has 1 N–H and O–H groups in total. The minimum atomic E-state index is -0.142. The molecule has 1 aliphatic rings. The lowest BCUT2D eigenvalue weighted by atomic mass is 10.2. The van der Waals surface area contributed by atoms with Crippen LogP contribution in [-0.4, -0.2) is 27.8 Å². The normalized spacial score (nSPS) is 21.1. The number of anilines is 1. The summed E-state index contributed by atoms with van der Waals surface area (Å²) in [4.78, 5) is 8.36. The molecular weight excluding hydrogens is 270 g/mol. The molecule has 1 saturated heterocycles. The van der Waals surface area contributed by atoms with Crippen LogP contribution < -0.4 is 5.32 Å². The molecule has 1 aliphatic heterocycles. The van der Waals surface area contributed by atoms with Gasteiger partial charge in [-0.3, -0.25) is 0 Å². The van der Waals surface area contributed by atoms with Gasteiger partial charge in [-0.05, 0) is 31.9 Å². The van der Waals surface area contributed by atoms with E-state index < -0.39 is 0 Å². The van der Waals surface area contributed by atoms with Gasteiger partial charge in [-0.1, -0.05) is 5.16 Å². The summed E-state index contributed by atoms with van der Waals surface area (Å²) < 4.78 is 11.0. The van der Waals surface area contributed by atoms with Gasteiger partial charge in [-0.15, -0.1) is 0 Å². The van der Waals surface area contributed by atoms with Crippen molar-refractivity contribution in [3.05, 3.63) is 35.6 Å².